The molecule has 2 heteroatoms. The van der Waals surface area contributed by atoms with Crippen molar-refractivity contribution in [3.05, 3.63) is 48.0 Å². The minimum Gasteiger partial charge on any atom is -0.356 e. The van der Waals surface area contributed by atoms with Crippen molar-refractivity contribution in [2.45, 2.75) is 19.8 Å². The van der Waals surface area contributed by atoms with Gasteiger partial charge in [0, 0.05) is 6.54 Å². The van der Waals surface area contributed by atoms with Gasteiger partial charge in [-0.15, -0.1) is 0 Å². The van der Waals surface area contributed by atoms with E-state index < -0.39 is 0 Å². The second kappa shape index (κ2) is 5.48. The first-order valence-electron chi connectivity index (χ1n) is 6.04. The van der Waals surface area contributed by atoms with Crippen molar-refractivity contribution in [2.24, 2.45) is 0 Å². The van der Waals surface area contributed by atoms with Gasteiger partial charge in [-0.25, -0.2) is 0 Å². The van der Waals surface area contributed by atoms with Crippen molar-refractivity contribution in [3.63, 3.8) is 0 Å². The van der Waals surface area contributed by atoms with Crippen molar-refractivity contribution in [2.75, 3.05) is 6.54 Å². The third-order valence-corrected chi connectivity index (χ3v) is 2.75. The van der Waals surface area contributed by atoms with Crippen LogP contribution in [0.15, 0.2) is 42.5 Å². The molecule has 2 rings (SSSR count). The summed E-state index contributed by atoms with van der Waals surface area (Å²) in [7, 11) is 0. The summed E-state index contributed by atoms with van der Waals surface area (Å²) < 4.78 is 0. The highest BCUT2D eigenvalue weighted by Crippen LogP contribution is 2.15. The first kappa shape index (κ1) is 11.6. The number of amides is 1. The van der Waals surface area contributed by atoms with Crippen LogP contribution in [0, 0.1) is 0 Å². The molecule has 0 saturated carbocycles. The van der Waals surface area contributed by atoms with Crippen LogP contribution in [-0.4, -0.2) is 12.5 Å². The monoisotopic (exact) mass is 227 g/mol. The number of benzene rings is 2. The summed E-state index contributed by atoms with van der Waals surface area (Å²) in [5.41, 5.74) is 1.07. The van der Waals surface area contributed by atoms with Crippen LogP contribution in [0.4, 0.5) is 0 Å². The topological polar surface area (TPSA) is 29.1 Å². The fourth-order valence-corrected chi connectivity index (χ4v) is 1.86. The lowest BCUT2D eigenvalue weighted by atomic mass is 10.0. The highest BCUT2D eigenvalue weighted by Gasteiger charge is 2.02. The summed E-state index contributed by atoms with van der Waals surface area (Å²) >= 11 is 0. The number of hydrogen-bond donors (Lipinski definition) is 1. The van der Waals surface area contributed by atoms with E-state index in [1.165, 1.54) is 10.8 Å². The lowest BCUT2D eigenvalue weighted by Gasteiger charge is -2.05. The highest BCUT2D eigenvalue weighted by atomic mass is 16.1. The van der Waals surface area contributed by atoms with Crippen molar-refractivity contribution < 1.29 is 4.79 Å². The van der Waals surface area contributed by atoms with Gasteiger partial charge >= 0.3 is 0 Å². The number of fused-ring (bicyclic) bond motifs is 1. The Kier molecular flexibility index (Phi) is 3.76. The van der Waals surface area contributed by atoms with Crippen LogP contribution in [0.1, 0.15) is 18.9 Å². The van der Waals surface area contributed by atoms with Gasteiger partial charge in [0.1, 0.15) is 0 Å². The van der Waals surface area contributed by atoms with Crippen LogP contribution >= 0.6 is 0 Å². The Bertz CT molecular complexity index is 519. The minimum atomic E-state index is 0.0992. The maximum absolute atomic E-state index is 11.6. The van der Waals surface area contributed by atoms with Crippen molar-refractivity contribution in [1.29, 1.82) is 0 Å². The molecule has 0 aromatic heterocycles. The van der Waals surface area contributed by atoms with Crippen LogP contribution in [0.25, 0.3) is 10.8 Å². The number of carbonyl (C=O) groups is 1. The minimum absolute atomic E-state index is 0.0992. The SMILES string of the molecule is CCCNC(=O)Cc1ccc2ccccc2c1. The third kappa shape index (κ3) is 3.06. The van der Waals surface area contributed by atoms with Gasteiger partial charge in [-0.05, 0) is 22.8 Å². The highest BCUT2D eigenvalue weighted by molar-refractivity contribution is 5.85. The molecule has 2 aromatic rings. The standard InChI is InChI=1S/C15H17NO/c1-2-9-16-15(17)11-12-7-8-13-5-3-4-6-14(13)10-12/h3-8,10H,2,9,11H2,1H3,(H,16,17). The molecule has 0 radical (unpaired) electrons. The maximum Gasteiger partial charge on any atom is 0.224 e. The number of rotatable bonds is 4. The second-order valence-electron chi connectivity index (χ2n) is 4.21. The van der Waals surface area contributed by atoms with Gasteiger partial charge in [0.15, 0.2) is 0 Å². The molecule has 0 bridgehead atoms. The summed E-state index contributed by atoms with van der Waals surface area (Å²) in [6.07, 6.45) is 1.44. The third-order valence-electron chi connectivity index (χ3n) is 2.75. The lowest BCUT2D eigenvalue weighted by Crippen LogP contribution is -2.25. The van der Waals surface area contributed by atoms with Crippen LogP contribution < -0.4 is 5.32 Å². The predicted molar refractivity (Wildman–Crippen MR) is 71.0 cm³/mol. The lowest BCUT2D eigenvalue weighted by molar-refractivity contribution is -0.120. The summed E-state index contributed by atoms with van der Waals surface area (Å²) in [5, 5.41) is 5.29. The van der Waals surface area contributed by atoms with Crippen LogP contribution in [0.5, 0.6) is 0 Å². The van der Waals surface area contributed by atoms with E-state index in [1.807, 2.05) is 18.2 Å². The molecule has 0 heterocycles. The van der Waals surface area contributed by atoms with Gasteiger partial charge in [0.25, 0.3) is 0 Å². The molecule has 88 valence electrons. The average Bonchev–Trinajstić information content (AvgIpc) is 2.36. The molecular formula is C15H17NO. The predicted octanol–water partition coefficient (Wildman–Crippen LogP) is 2.91. The smallest absolute Gasteiger partial charge is 0.224 e. The van der Waals surface area contributed by atoms with Crippen LogP contribution in [0.2, 0.25) is 0 Å². The van der Waals surface area contributed by atoms with E-state index in [9.17, 15) is 4.79 Å². The van der Waals surface area contributed by atoms with Gasteiger partial charge in [0.05, 0.1) is 6.42 Å². The molecule has 0 spiro atoms. The molecule has 17 heavy (non-hydrogen) atoms. The molecule has 1 amide bonds. The molecule has 2 aromatic carbocycles. The quantitative estimate of drug-likeness (QED) is 0.855. The molecule has 0 atom stereocenters. The summed E-state index contributed by atoms with van der Waals surface area (Å²) in [4.78, 5) is 11.6. The molecule has 1 N–H and O–H groups in total. The van der Waals surface area contributed by atoms with E-state index in [-0.39, 0.29) is 5.91 Å². The van der Waals surface area contributed by atoms with Gasteiger partial charge in [-0.1, -0.05) is 49.4 Å². The van der Waals surface area contributed by atoms with Crippen molar-refractivity contribution >= 4 is 16.7 Å². The Balaban J connectivity index is 2.11. The fraction of sp³-hybridized carbons (Fsp3) is 0.267. The zero-order valence-electron chi connectivity index (χ0n) is 10.1. The molecule has 0 aliphatic rings. The van der Waals surface area contributed by atoms with E-state index in [4.69, 9.17) is 0 Å². The Morgan fingerprint density at radius 2 is 1.88 bits per heavy atom. The Hall–Kier alpha value is -1.83. The fourth-order valence-electron chi connectivity index (χ4n) is 1.86. The van der Waals surface area contributed by atoms with Crippen LogP contribution in [-0.2, 0) is 11.2 Å². The van der Waals surface area contributed by atoms with Gasteiger partial charge < -0.3 is 5.32 Å². The molecular weight excluding hydrogens is 210 g/mol. The largest absolute Gasteiger partial charge is 0.356 e. The molecule has 2 nitrogen and oxygen atoms in total. The van der Waals surface area contributed by atoms with E-state index in [1.54, 1.807) is 0 Å². The average molecular weight is 227 g/mol. The summed E-state index contributed by atoms with van der Waals surface area (Å²) in [5.74, 6) is 0.0992. The van der Waals surface area contributed by atoms with E-state index in [0.717, 1.165) is 18.5 Å². The van der Waals surface area contributed by atoms with Crippen molar-refractivity contribution in [1.82, 2.24) is 5.32 Å². The second-order valence-corrected chi connectivity index (χ2v) is 4.21. The van der Waals surface area contributed by atoms with Crippen molar-refractivity contribution in [3.8, 4) is 0 Å². The van der Waals surface area contributed by atoms with Gasteiger partial charge in [0.2, 0.25) is 5.91 Å². The first-order valence-corrected chi connectivity index (χ1v) is 6.04. The normalized spacial score (nSPS) is 10.4. The van der Waals surface area contributed by atoms with Gasteiger partial charge in [-0.3, -0.25) is 4.79 Å². The van der Waals surface area contributed by atoms with E-state index in [2.05, 4.69) is 36.5 Å². The van der Waals surface area contributed by atoms with Crippen LogP contribution in [0.3, 0.4) is 0 Å². The number of nitrogens with one attached hydrogen (secondary N) is 1. The Morgan fingerprint density at radius 3 is 2.65 bits per heavy atom. The molecule has 0 aliphatic heterocycles. The number of hydrogen-bond acceptors (Lipinski definition) is 1. The Morgan fingerprint density at radius 1 is 1.12 bits per heavy atom. The molecule has 0 unspecified atom stereocenters. The zero-order valence-corrected chi connectivity index (χ0v) is 10.1. The molecule has 0 aliphatic carbocycles. The van der Waals surface area contributed by atoms with E-state index >= 15 is 0 Å². The number of carbonyl (C=O) groups excluding carboxylic acids is 1. The zero-order chi connectivity index (χ0) is 12.1. The summed E-state index contributed by atoms with van der Waals surface area (Å²) in [6, 6.07) is 14.4. The first-order chi connectivity index (χ1) is 8.29. The van der Waals surface area contributed by atoms with E-state index in [0.29, 0.717) is 6.42 Å². The maximum atomic E-state index is 11.6. The molecule has 0 saturated heterocycles. The Labute approximate surface area is 102 Å². The van der Waals surface area contributed by atoms with Gasteiger partial charge in [-0.2, -0.15) is 0 Å². The summed E-state index contributed by atoms with van der Waals surface area (Å²) in [6.45, 7) is 2.81. The molecule has 0 fully saturated rings.